The van der Waals surface area contributed by atoms with Gasteiger partial charge >= 0.3 is 5.97 Å². The molecule has 0 bridgehead atoms. The summed E-state index contributed by atoms with van der Waals surface area (Å²) in [6, 6.07) is 14.4. The number of aryl methyl sites for hydroxylation is 1. The van der Waals surface area contributed by atoms with Gasteiger partial charge in [-0.25, -0.2) is 10.2 Å². The molecule has 3 rings (SSSR count). The van der Waals surface area contributed by atoms with E-state index in [0.29, 0.717) is 16.8 Å². The van der Waals surface area contributed by atoms with Gasteiger partial charge < -0.3 is 9.84 Å². The Bertz CT molecular complexity index is 1240. The molecule has 1 amide bonds. The summed E-state index contributed by atoms with van der Waals surface area (Å²) in [4.78, 5) is 40.5. The molecule has 0 unspecified atom stereocenters. The third kappa shape index (κ3) is 5.30. The van der Waals surface area contributed by atoms with E-state index < -0.39 is 23.4 Å². The van der Waals surface area contributed by atoms with E-state index in [1.54, 1.807) is 44.2 Å². The number of nitro groups is 1. The van der Waals surface area contributed by atoms with E-state index >= 15 is 0 Å². The van der Waals surface area contributed by atoms with Crippen LogP contribution in [0.4, 0.5) is 5.69 Å². The normalized spacial score (nSPS) is 10.8. The fourth-order valence-electron chi connectivity index (χ4n) is 3.37. The second-order valence-electron chi connectivity index (χ2n) is 7.06. The molecule has 0 saturated carbocycles. The number of hydrogen-bond donors (Lipinski definition) is 2. The van der Waals surface area contributed by atoms with E-state index in [2.05, 4.69) is 15.5 Å². The molecule has 10 heteroatoms. The standard InChI is InChI=1S/C24H22N4O6/c1-3-34-24(31)20-15(2)26-19(14-29)22(21(20)17-7-5-4-6-8-17)23(30)27-25-13-16-9-11-18(12-10-16)28(32)33/h4-13,29H,3,14H2,1-2H3,(H,27,30)/b25-13+. The van der Waals surface area contributed by atoms with Gasteiger partial charge in [-0.1, -0.05) is 30.3 Å². The zero-order chi connectivity index (χ0) is 24.7. The van der Waals surface area contributed by atoms with Crippen LogP contribution in [0, 0.1) is 17.0 Å². The van der Waals surface area contributed by atoms with Crippen molar-refractivity contribution in [1.82, 2.24) is 10.4 Å². The third-order valence-electron chi connectivity index (χ3n) is 4.86. The molecule has 1 heterocycles. The maximum atomic E-state index is 13.2. The minimum Gasteiger partial charge on any atom is -0.462 e. The van der Waals surface area contributed by atoms with Gasteiger partial charge in [-0.15, -0.1) is 0 Å². The number of carbonyl (C=O) groups is 2. The highest BCUT2D eigenvalue weighted by Gasteiger charge is 2.28. The van der Waals surface area contributed by atoms with Crippen molar-refractivity contribution in [2.75, 3.05) is 6.61 Å². The molecule has 3 aromatic rings. The van der Waals surface area contributed by atoms with Gasteiger partial charge in [0.25, 0.3) is 11.6 Å². The number of hydrazone groups is 1. The Morgan fingerprint density at radius 1 is 1.15 bits per heavy atom. The van der Waals surface area contributed by atoms with Crippen molar-refractivity contribution >= 4 is 23.8 Å². The molecule has 0 fully saturated rings. The summed E-state index contributed by atoms with van der Waals surface area (Å²) < 4.78 is 5.19. The highest BCUT2D eigenvalue weighted by molar-refractivity contribution is 6.09. The minimum absolute atomic E-state index is 0.0109. The lowest BCUT2D eigenvalue weighted by molar-refractivity contribution is -0.384. The maximum absolute atomic E-state index is 13.2. The molecule has 0 aliphatic carbocycles. The van der Waals surface area contributed by atoms with Gasteiger partial charge in [0, 0.05) is 17.7 Å². The molecule has 0 aliphatic rings. The number of nitro benzene ring substituents is 1. The molecule has 1 aromatic heterocycles. The van der Waals surface area contributed by atoms with Gasteiger partial charge in [-0.05, 0) is 37.1 Å². The lowest BCUT2D eigenvalue weighted by atomic mass is 9.92. The van der Waals surface area contributed by atoms with Crippen molar-refractivity contribution in [2.45, 2.75) is 20.5 Å². The second kappa shape index (κ2) is 10.9. The van der Waals surface area contributed by atoms with Gasteiger partial charge in [0.2, 0.25) is 0 Å². The van der Waals surface area contributed by atoms with Gasteiger partial charge in [-0.3, -0.25) is 19.9 Å². The average molecular weight is 462 g/mol. The monoisotopic (exact) mass is 462 g/mol. The molecule has 2 aromatic carbocycles. The zero-order valence-electron chi connectivity index (χ0n) is 18.5. The largest absolute Gasteiger partial charge is 0.462 e. The van der Waals surface area contributed by atoms with Crippen LogP contribution in [-0.2, 0) is 11.3 Å². The number of aromatic nitrogens is 1. The first-order valence-electron chi connectivity index (χ1n) is 10.3. The Morgan fingerprint density at radius 2 is 1.82 bits per heavy atom. The van der Waals surface area contributed by atoms with Crippen LogP contribution in [0.25, 0.3) is 11.1 Å². The van der Waals surface area contributed by atoms with Crippen molar-refractivity contribution in [2.24, 2.45) is 5.10 Å². The number of carbonyl (C=O) groups excluding carboxylic acids is 2. The Hall–Kier alpha value is -4.44. The predicted molar refractivity (Wildman–Crippen MR) is 124 cm³/mol. The van der Waals surface area contributed by atoms with Gasteiger partial charge in [0.05, 0.1) is 46.9 Å². The molecule has 174 valence electrons. The third-order valence-corrected chi connectivity index (χ3v) is 4.86. The summed E-state index contributed by atoms with van der Waals surface area (Å²) >= 11 is 0. The molecule has 0 spiro atoms. The summed E-state index contributed by atoms with van der Waals surface area (Å²) in [5.41, 5.74) is 4.17. The molecule has 0 radical (unpaired) electrons. The summed E-state index contributed by atoms with van der Waals surface area (Å²) in [5.74, 6) is -1.33. The first-order chi connectivity index (χ1) is 16.4. The minimum atomic E-state index is -0.695. The van der Waals surface area contributed by atoms with Crippen LogP contribution in [0.5, 0.6) is 0 Å². The van der Waals surface area contributed by atoms with Crippen LogP contribution >= 0.6 is 0 Å². The Labute approximate surface area is 195 Å². The van der Waals surface area contributed by atoms with Crippen molar-refractivity contribution in [1.29, 1.82) is 0 Å². The van der Waals surface area contributed by atoms with E-state index in [1.165, 1.54) is 30.5 Å². The fourth-order valence-corrected chi connectivity index (χ4v) is 3.37. The lowest BCUT2D eigenvalue weighted by Crippen LogP contribution is -2.24. The van der Waals surface area contributed by atoms with Crippen molar-refractivity contribution < 1.29 is 24.4 Å². The molecule has 0 aliphatic heterocycles. The number of pyridine rings is 1. The van der Waals surface area contributed by atoms with E-state index in [1.807, 2.05) is 0 Å². The summed E-state index contributed by atoms with van der Waals surface area (Å²) in [6.45, 7) is 2.87. The number of amides is 1. The van der Waals surface area contributed by atoms with Crippen LogP contribution in [0.3, 0.4) is 0 Å². The van der Waals surface area contributed by atoms with E-state index in [-0.39, 0.29) is 34.7 Å². The van der Waals surface area contributed by atoms with Gasteiger partial charge in [0.1, 0.15) is 0 Å². The molecular formula is C24H22N4O6. The topological polar surface area (TPSA) is 144 Å². The fraction of sp³-hybridized carbons (Fsp3) is 0.167. The summed E-state index contributed by atoms with van der Waals surface area (Å²) in [7, 11) is 0. The number of esters is 1. The van der Waals surface area contributed by atoms with Gasteiger partial charge in [-0.2, -0.15) is 5.10 Å². The van der Waals surface area contributed by atoms with Crippen molar-refractivity contribution in [3.05, 3.63) is 92.8 Å². The van der Waals surface area contributed by atoms with Crippen LogP contribution < -0.4 is 5.43 Å². The van der Waals surface area contributed by atoms with E-state index in [9.17, 15) is 24.8 Å². The Morgan fingerprint density at radius 3 is 2.41 bits per heavy atom. The first-order valence-corrected chi connectivity index (χ1v) is 10.3. The molecule has 0 saturated heterocycles. The highest BCUT2D eigenvalue weighted by atomic mass is 16.6. The van der Waals surface area contributed by atoms with Crippen LogP contribution in [0.2, 0.25) is 0 Å². The number of aliphatic hydroxyl groups is 1. The number of hydrogen-bond acceptors (Lipinski definition) is 8. The molecule has 0 atom stereocenters. The molecule has 10 nitrogen and oxygen atoms in total. The summed E-state index contributed by atoms with van der Waals surface area (Å²) in [5, 5.41) is 24.6. The number of rotatable bonds is 8. The number of nitrogens with zero attached hydrogens (tertiary/aromatic N) is 3. The van der Waals surface area contributed by atoms with Gasteiger partial charge in [0.15, 0.2) is 0 Å². The smallest absolute Gasteiger partial charge is 0.340 e. The van der Waals surface area contributed by atoms with Crippen LogP contribution in [0.1, 0.15) is 44.6 Å². The second-order valence-corrected chi connectivity index (χ2v) is 7.06. The quantitative estimate of drug-likeness (QED) is 0.226. The van der Waals surface area contributed by atoms with Crippen LogP contribution in [0.15, 0.2) is 59.7 Å². The number of nitrogens with one attached hydrogen (secondary N) is 1. The molecule has 2 N–H and O–H groups in total. The lowest BCUT2D eigenvalue weighted by Gasteiger charge is -2.18. The zero-order valence-corrected chi connectivity index (χ0v) is 18.5. The highest BCUT2D eigenvalue weighted by Crippen LogP contribution is 2.32. The Kier molecular flexibility index (Phi) is 7.78. The van der Waals surface area contributed by atoms with Crippen LogP contribution in [-0.4, -0.2) is 39.7 Å². The van der Waals surface area contributed by atoms with Crippen molar-refractivity contribution in [3.8, 4) is 11.1 Å². The van der Waals surface area contributed by atoms with E-state index in [4.69, 9.17) is 4.74 Å². The summed E-state index contributed by atoms with van der Waals surface area (Å²) in [6.07, 6.45) is 1.32. The van der Waals surface area contributed by atoms with E-state index in [0.717, 1.165) is 0 Å². The molecule has 34 heavy (non-hydrogen) atoms. The number of benzene rings is 2. The predicted octanol–water partition coefficient (Wildman–Crippen LogP) is 3.40. The average Bonchev–Trinajstić information content (AvgIpc) is 2.84. The maximum Gasteiger partial charge on any atom is 0.340 e. The first kappa shape index (κ1) is 24.2. The SMILES string of the molecule is CCOC(=O)c1c(C)nc(CO)c(C(=O)N/N=C/c2ccc([N+](=O)[O-])cc2)c1-c1ccccc1. The number of non-ortho nitro benzene ring substituents is 1. The van der Waals surface area contributed by atoms with Crippen molar-refractivity contribution in [3.63, 3.8) is 0 Å². The number of ether oxygens (including phenoxy) is 1. The Balaban J connectivity index is 2.04. The number of aliphatic hydroxyl groups excluding tert-OH is 1. The molecular weight excluding hydrogens is 440 g/mol.